The van der Waals surface area contributed by atoms with Gasteiger partial charge >= 0.3 is 6.36 Å². The molecule has 0 unspecified atom stereocenters. The second kappa shape index (κ2) is 10.2. The van der Waals surface area contributed by atoms with Crippen LogP contribution in [0.25, 0.3) is 11.1 Å². The lowest BCUT2D eigenvalue weighted by molar-refractivity contribution is -0.274. The molecule has 2 N–H and O–H groups in total. The Hall–Kier alpha value is -3.79. The zero-order valence-corrected chi connectivity index (χ0v) is 19.3. The number of nitrogens with one attached hydrogen (secondary N) is 2. The molecule has 0 aliphatic carbocycles. The monoisotopic (exact) mass is 486 g/mol. The molecule has 2 aliphatic rings. The Morgan fingerprint density at radius 2 is 1.69 bits per heavy atom. The molecule has 2 aliphatic heterocycles. The minimum Gasteiger partial charge on any atom is -0.454 e. The summed E-state index contributed by atoms with van der Waals surface area (Å²) in [6.07, 6.45) is -3.11. The first-order valence-electron chi connectivity index (χ1n) is 11.3. The van der Waals surface area contributed by atoms with Crippen molar-refractivity contribution in [2.24, 2.45) is 0 Å². The maximum atomic E-state index is 12.9. The molecule has 3 heterocycles. The number of piperazine rings is 1. The standard InChI is InChI=1S/C23H19F3N4O3.C2H6/c24-23(25,26)33-16-2-4-20-18(13-16)29-22(31)17-11-14(1-3-19(17)32-20)15-5-6-28-21(12-15)30-9-7-27-8-10-30;1-2/h1-6,11-13,27H,7-10H2,(H,29,31);1-2H3. The largest absolute Gasteiger partial charge is 0.573 e. The van der Waals surface area contributed by atoms with Crippen molar-refractivity contribution in [1.29, 1.82) is 0 Å². The Labute approximate surface area is 200 Å². The van der Waals surface area contributed by atoms with Gasteiger partial charge in [-0.3, -0.25) is 4.79 Å². The lowest BCUT2D eigenvalue weighted by Crippen LogP contribution is -2.43. The van der Waals surface area contributed by atoms with E-state index in [0.717, 1.165) is 55.3 Å². The zero-order chi connectivity index (χ0) is 25.0. The van der Waals surface area contributed by atoms with Crippen molar-refractivity contribution >= 4 is 17.4 Å². The van der Waals surface area contributed by atoms with Crippen LogP contribution in [-0.2, 0) is 0 Å². The predicted molar refractivity (Wildman–Crippen MR) is 127 cm³/mol. The molecule has 5 rings (SSSR count). The normalized spacial score (nSPS) is 14.9. The Kier molecular flexibility index (Phi) is 7.11. The summed E-state index contributed by atoms with van der Waals surface area (Å²) in [5.41, 5.74) is 2.03. The molecule has 1 saturated heterocycles. The highest BCUT2D eigenvalue weighted by atomic mass is 19.4. The van der Waals surface area contributed by atoms with Gasteiger partial charge in [0.2, 0.25) is 0 Å². The summed E-state index contributed by atoms with van der Waals surface area (Å²) < 4.78 is 47.4. The number of hydrogen-bond acceptors (Lipinski definition) is 6. The number of fused-ring (bicyclic) bond motifs is 2. The predicted octanol–water partition coefficient (Wildman–Crippen LogP) is 5.44. The first-order valence-corrected chi connectivity index (χ1v) is 11.3. The van der Waals surface area contributed by atoms with Crippen molar-refractivity contribution in [2.75, 3.05) is 36.4 Å². The van der Waals surface area contributed by atoms with E-state index in [1.165, 1.54) is 6.07 Å². The molecule has 10 heteroatoms. The van der Waals surface area contributed by atoms with Crippen LogP contribution in [0.3, 0.4) is 0 Å². The highest BCUT2D eigenvalue weighted by Crippen LogP contribution is 2.40. The summed E-state index contributed by atoms with van der Waals surface area (Å²) >= 11 is 0. The van der Waals surface area contributed by atoms with Crippen LogP contribution in [0.5, 0.6) is 17.2 Å². The minimum atomic E-state index is -4.84. The van der Waals surface area contributed by atoms with Crippen LogP contribution in [0.4, 0.5) is 24.7 Å². The lowest BCUT2D eigenvalue weighted by Gasteiger charge is -2.28. The third-order valence-electron chi connectivity index (χ3n) is 5.40. The van der Waals surface area contributed by atoms with E-state index in [1.807, 2.05) is 32.0 Å². The van der Waals surface area contributed by atoms with Crippen LogP contribution in [-0.4, -0.2) is 43.4 Å². The van der Waals surface area contributed by atoms with Gasteiger partial charge in [0, 0.05) is 38.4 Å². The molecule has 0 atom stereocenters. The number of carbonyl (C=O) groups excluding carboxylic acids is 1. The zero-order valence-electron chi connectivity index (χ0n) is 19.3. The number of halogens is 3. The molecule has 1 fully saturated rings. The number of carbonyl (C=O) groups is 1. The van der Waals surface area contributed by atoms with Gasteiger partial charge < -0.3 is 25.0 Å². The molecule has 184 valence electrons. The highest BCUT2D eigenvalue weighted by Gasteiger charge is 2.32. The van der Waals surface area contributed by atoms with Crippen molar-refractivity contribution in [1.82, 2.24) is 10.3 Å². The quantitative estimate of drug-likeness (QED) is 0.514. The number of rotatable bonds is 3. The first kappa shape index (κ1) is 24.3. The Balaban J connectivity index is 0.00000141. The van der Waals surface area contributed by atoms with Gasteiger partial charge in [0.1, 0.15) is 17.3 Å². The fourth-order valence-electron chi connectivity index (χ4n) is 3.84. The van der Waals surface area contributed by atoms with Gasteiger partial charge in [-0.1, -0.05) is 19.9 Å². The summed E-state index contributed by atoms with van der Waals surface area (Å²) in [5.74, 6) is 0.430. The number of hydrogen-bond donors (Lipinski definition) is 2. The van der Waals surface area contributed by atoms with Crippen molar-refractivity contribution in [2.45, 2.75) is 20.2 Å². The fourth-order valence-corrected chi connectivity index (χ4v) is 3.84. The number of benzene rings is 2. The van der Waals surface area contributed by atoms with Crippen LogP contribution in [0.2, 0.25) is 0 Å². The van der Waals surface area contributed by atoms with Gasteiger partial charge in [0.25, 0.3) is 5.91 Å². The number of anilines is 2. The molecule has 35 heavy (non-hydrogen) atoms. The van der Waals surface area contributed by atoms with Gasteiger partial charge in [-0.25, -0.2) is 4.98 Å². The highest BCUT2D eigenvalue weighted by molar-refractivity contribution is 6.08. The van der Waals surface area contributed by atoms with Crippen LogP contribution >= 0.6 is 0 Å². The van der Waals surface area contributed by atoms with Crippen LogP contribution in [0.15, 0.2) is 54.7 Å². The molecular formula is C25H25F3N4O3. The molecule has 1 aromatic heterocycles. The third-order valence-corrected chi connectivity index (χ3v) is 5.40. The smallest absolute Gasteiger partial charge is 0.454 e. The SMILES string of the molecule is CC.O=C1Nc2cc(OC(F)(F)F)ccc2Oc2ccc(-c3ccnc(N4CCNCC4)c3)cc21. The number of pyridine rings is 1. The van der Waals surface area contributed by atoms with E-state index in [-0.39, 0.29) is 17.0 Å². The summed E-state index contributed by atoms with van der Waals surface area (Å²) in [4.78, 5) is 19.5. The number of ether oxygens (including phenoxy) is 2. The van der Waals surface area contributed by atoms with E-state index in [0.29, 0.717) is 5.75 Å². The molecular weight excluding hydrogens is 461 g/mol. The topological polar surface area (TPSA) is 75.7 Å². The molecule has 0 bridgehead atoms. The Morgan fingerprint density at radius 3 is 2.43 bits per heavy atom. The van der Waals surface area contributed by atoms with E-state index in [2.05, 4.69) is 25.3 Å². The van der Waals surface area contributed by atoms with Crippen molar-refractivity contribution < 1.29 is 27.4 Å². The van der Waals surface area contributed by atoms with E-state index >= 15 is 0 Å². The molecule has 0 spiro atoms. The number of nitrogens with zero attached hydrogens (tertiary/aromatic N) is 2. The summed E-state index contributed by atoms with van der Waals surface area (Å²) in [6.45, 7) is 7.49. The second-order valence-corrected chi connectivity index (χ2v) is 7.61. The molecule has 0 saturated carbocycles. The van der Waals surface area contributed by atoms with Crippen molar-refractivity contribution in [3.63, 3.8) is 0 Å². The molecule has 3 aromatic rings. The van der Waals surface area contributed by atoms with Crippen molar-refractivity contribution in [3.05, 3.63) is 60.3 Å². The average molecular weight is 486 g/mol. The molecule has 0 radical (unpaired) electrons. The first-order chi connectivity index (χ1) is 16.9. The number of amides is 1. The summed E-state index contributed by atoms with van der Waals surface area (Å²) in [7, 11) is 0. The van der Waals surface area contributed by atoms with Gasteiger partial charge in [0.15, 0.2) is 5.75 Å². The molecule has 7 nitrogen and oxygen atoms in total. The Morgan fingerprint density at radius 1 is 0.971 bits per heavy atom. The summed E-state index contributed by atoms with van der Waals surface area (Å²) in [5, 5.41) is 5.91. The number of alkyl halides is 3. The second-order valence-electron chi connectivity index (χ2n) is 7.61. The van der Waals surface area contributed by atoms with Gasteiger partial charge in [-0.2, -0.15) is 0 Å². The van der Waals surface area contributed by atoms with Gasteiger partial charge in [0.05, 0.1) is 11.3 Å². The maximum Gasteiger partial charge on any atom is 0.573 e. The van der Waals surface area contributed by atoms with E-state index in [4.69, 9.17) is 4.74 Å². The third kappa shape index (κ3) is 5.65. The fraction of sp³-hybridized carbons (Fsp3) is 0.280. The summed E-state index contributed by atoms with van der Waals surface area (Å²) in [6, 6.07) is 12.6. The van der Waals surface area contributed by atoms with Crippen molar-refractivity contribution in [3.8, 4) is 28.4 Å². The molecule has 2 aromatic carbocycles. The lowest BCUT2D eigenvalue weighted by atomic mass is 10.0. The maximum absolute atomic E-state index is 12.9. The Bertz CT molecular complexity index is 1210. The van der Waals surface area contributed by atoms with Gasteiger partial charge in [-0.05, 0) is 47.5 Å². The van der Waals surface area contributed by atoms with Crippen LogP contribution in [0, 0.1) is 0 Å². The number of aromatic nitrogens is 1. The van der Waals surface area contributed by atoms with Crippen LogP contribution < -0.4 is 25.0 Å². The molecule has 1 amide bonds. The average Bonchev–Trinajstić information content (AvgIpc) is 3.00. The van der Waals surface area contributed by atoms with E-state index < -0.39 is 18.0 Å². The minimum absolute atomic E-state index is 0.0874. The van der Waals surface area contributed by atoms with E-state index in [9.17, 15) is 18.0 Å². The van der Waals surface area contributed by atoms with Crippen LogP contribution in [0.1, 0.15) is 24.2 Å². The van der Waals surface area contributed by atoms with Gasteiger partial charge in [-0.15, -0.1) is 13.2 Å². The van der Waals surface area contributed by atoms with E-state index in [1.54, 1.807) is 18.3 Å².